The standard InChI is InChI=1S/C16H18N2O4S/c1-9-11(3-2-6-17-9)12-5-4-10(7-18-12)22-16-15(21)14(20)13(19)8-23-16/h2-7,13-16,19-21H,8H2,1H3/t13-,14+,15-,16+/m1/s1. The average molecular weight is 334 g/mol. The van der Waals surface area contributed by atoms with E-state index in [0.29, 0.717) is 11.5 Å². The molecular formula is C16H18N2O4S. The van der Waals surface area contributed by atoms with E-state index in [4.69, 9.17) is 4.74 Å². The van der Waals surface area contributed by atoms with E-state index in [2.05, 4.69) is 9.97 Å². The van der Waals surface area contributed by atoms with Gasteiger partial charge in [0.2, 0.25) is 0 Å². The number of aliphatic hydroxyl groups excluding tert-OH is 3. The average Bonchev–Trinajstić information content (AvgIpc) is 2.57. The van der Waals surface area contributed by atoms with Crippen molar-refractivity contribution < 1.29 is 20.1 Å². The van der Waals surface area contributed by atoms with Gasteiger partial charge >= 0.3 is 0 Å². The molecule has 1 saturated heterocycles. The lowest BCUT2D eigenvalue weighted by molar-refractivity contribution is -0.0786. The number of pyridine rings is 2. The number of hydrogen-bond donors (Lipinski definition) is 3. The van der Waals surface area contributed by atoms with E-state index in [1.807, 2.05) is 25.1 Å². The monoisotopic (exact) mass is 334 g/mol. The van der Waals surface area contributed by atoms with Gasteiger partial charge in [-0.2, -0.15) is 0 Å². The third-order valence-electron chi connectivity index (χ3n) is 3.73. The number of thioether (sulfide) groups is 1. The Balaban J connectivity index is 1.72. The molecule has 7 heteroatoms. The molecule has 1 fully saturated rings. The van der Waals surface area contributed by atoms with Crippen molar-refractivity contribution in [3.63, 3.8) is 0 Å². The van der Waals surface area contributed by atoms with Crippen molar-refractivity contribution in [2.75, 3.05) is 5.75 Å². The number of aliphatic hydroxyl groups is 3. The Morgan fingerprint density at radius 1 is 1.13 bits per heavy atom. The minimum absolute atomic E-state index is 0.309. The van der Waals surface area contributed by atoms with Gasteiger partial charge in [-0.1, -0.05) is 0 Å². The van der Waals surface area contributed by atoms with Crippen LogP contribution in [0.1, 0.15) is 5.69 Å². The first-order chi connectivity index (χ1) is 11.1. The third-order valence-corrected chi connectivity index (χ3v) is 4.96. The molecule has 122 valence electrons. The van der Waals surface area contributed by atoms with E-state index in [0.717, 1.165) is 17.0 Å². The molecule has 23 heavy (non-hydrogen) atoms. The summed E-state index contributed by atoms with van der Waals surface area (Å²) in [6.07, 6.45) is 0.0175. The molecule has 1 aliphatic rings. The zero-order valence-electron chi connectivity index (χ0n) is 12.5. The predicted molar refractivity (Wildman–Crippen MR) is 87.1 cm³/mol. The maximum atomic E-state index is 9.95. The summed E-state index contributed by atoms with van der Waals surface area (Å²) in [4.78, 5) is 8.60. The first-order valence-corrected chi connectivity index (χ1v) is 8.31. The Morgan fingerprint density at radius 3 is 2.65 bits per heavy atom. The number of aryl methyl sites for hydroxylation is 1. The molecule has 0 aliphatic carbocycles. The van der Waals surface area contributed by atoms with Crippen molar-refractivity contribution >= 4 is 11.8 Å². The molecule has 0 radical (unpaired) electrons. The van der Waals surface area contributed by atoms with Gasteiger partial charge in [0.1, 0.15) is 18.0 Å². The second kappa shape index (κ2) is 6.84. The Kier molecular flexibility index (Phi) is 4.82. The quantitative estimate of drug-likeness (QED) is 0.770. The van der Waals surface area contributed by atoms with Gasteiger partial charge in [-0.15, -0.1) is 11.8 Å². The van der Waals surface area contributed by atoms with Crippen molar-refractivity contribution in [3.8, 4) is 17.0 Å². The molecule has 4 atom stereocenters. The van der Waals surface area contributed by atoms with Crippen molar-refractivity contribution in [1.82, 2.24) is 9.97 Å². The summed E-state index contributed by atoms with van der Waals surface area (Å²) in [7, 11) is 0. The zero-order chi connectivity index (χ0) is 16.4. The molecule has 3 N–H and O–H groups in total. The first-order valence-electron chi connectivity index (χ1n) is 7.27. The van der Waals surface area contributed by atoms with E-state index >= 15 is 0 Å². The minimum atomic E-state index is -1.20. The van der Waals surface area contributed by atoms with Crippen molar-refractivity contribution in [1.29, 1.82) is 0 Å². The summed E-state index contributed by atoms with van der Waals surface area (Å²) < 4.78 is 5.67. The summed E-state index contributed by atoms with van der Waals surface area (Å²) >= 11 is 1.26. The van der Waals surface area contributed by atoms with Crippen molar-refractivity contribution in [2.24, 2.45) is 0 Å². The highest BCUT2D eigenvalue weighted by Gasteiger charge is 2.38. The van der Waals surface area contributed by atoms with Gasteiger partial charge in [0, 0.05) is 23.2 Å². The van der Waals surface area contributed by atoms with Crippen LogP contribution in [0.25, 0.3) is 11.3 Å². The van der Waals surface area contributed by atoms with Crippen molar-refractivity contribution in [2.45, 2.75) is 30.7 Å². The van der Waals surface area contributed by atoms with Gasteiger partial charge in [-0.05, 0) is 31.2 Å². The van der Waals surface area contributed by atoms with Crippen LogP contribution in [0.3, 0.4) is 0 Å². The van der Waals surface area contributed by atoms with Crippen LogP contribution in [0.2, 0.25) is 0 Å². The molecule has 3 rings (SSSR count). The summed E-state index contributed by atoms with van der Waals surface area (Å²) in [6.45, 7) is 1.92. The summed E-state index contributed by atoms with van der Waals surface area (Å²) in [5, 5.41) is 29.2. The fourth-order valence-electron chi connectivity index (χ4n) is 2.38. The summed E-state index contributed by atoms with van der Waals surface area (Å²) in [5.74, 6) is 0.805. The highest BCUT2D eigenvalue weighted by molar-refractivity contribution is 7.99. The predicted octanol–water partition coefficient (Wildman–Crippen LogP) is 0.986. The minimum Gasteiger partial charge on any atom is -0.475 e. The number of rotatable bonds is 3. The lowest BCUT2D eigenvalue weighted by Gasteiger charge is -2.34. The van der Waals surface area contributed by atoms with Gasteiger partial charge in [-0.25, -0.2) is 0 Å². The molecule has 0 unspecified atom stereocenters. The second-order valence-corrected chi connectivity index (χ2v) is 6.51. The van der Waals surface area contributed by atoms with Crippen molar-refractivity contribution in [3.05, 3.63) is 42.4 Å². The van der Waals surface area contributed by atoms with Crippen LogP contribution < -0.4 is 4.74 Å². The van der Waals surface area contributed by atoms with E-state index in [1.165, 1.54) is 11.8 Å². The third kappa shape index (κ3) is 3.48. The number of nitrogens with zero attached hydrogens (tertiary/aromatic N) is 2. The molecule has 0 bridgehead atoms. The molecule has 0 saturated carbocycles. The molecular weight excluding hydrogens is 316 g/mol. The van der Waals surface area contributed by atoms with Gasteiger partial charge in [0.25, 0.3) is 0 Å². The van der Waals surface area contributed by atoms with Crippen LogP contribution in [-0.2, 0) is 0 Å². The lowest BCUT2D eigenvalue weighted by Crippen LogP contribution is -2.50. The van der Waals surface area contributed by atoms with Crippen LogP contribution in [0.5, 0.6) is 5.75 Å². The Morgan fingerprint density at radius 2 is 1.96 bits per heavy atom. The molecule has 0 aromatic carbocycles. The topological polar surface area (TPSA) is 95.7 Å². The van der Waals surface area contributed by atoms with Crippen LogP contribution in [0.15, 0.2) is 36.7 Å². The smallest absolute Gasteiger partial charge is 0.173 e. The summed E-state index contributed by atoms with van der Waals surface area (Å²) in [5.41, 5.74) is 1.99. The highest BCUT2D eigenvalue weighted by atomic mass is 32.2. The maximum absolute atomic E-state index is 9.95. The highest BCUT2D eigenvalue weighted by Crippen LogP contribution is 2.29. The molecule has 0 amide bonds. The van der Waals surface area contributed by atoms with E-state index in [9.17, 15) is 15.3 Å². The fraction of sp³-hybridized carbons (Fsp3) is 0.375. The van der Waals surface area contributed by atoms with Gasteiger partial charge in [0.15, 0.2) is 5.44 Å². The fourth-order valence-corrected chi connectivity index (χ4v) is 3.50. The number of aromatic nitrogens is 2. The van der Waals surface area contributed by atoms with Crippen LogP contribution in [0.4, 0.5) is 0 Å². The second-order valence-electron chi connectivity index (χ2n) is 5.38. The van der Waals surface area contributed by atoms with E-state index in [1.54, 1.807) is 18.5 Å². The zero-order valence-corrected chi connectivity index (χ0v) is 13.3. The van der Waals surface area contributed by atoms with Crippen LogP contribution in [0, 0.1) is 6.92 Å². The SMILES string of the molecule is Cc1ncccc1-c1ccc(O[C@H]2SC[C@@H](O)[C@H](O)[C@H]2O)cn1. The molecule has 1 aliphatic heterocycles. The van der Waals surface area contributed by atoms with E-state index < -0.39 is 23.7 Å². The molecule has 6 nitrogen and oxygen atoms in total. The molecule has 3 heterocycles. The Hall–Kier alpha value is -1.67. The molecule has 2 aromatic rings. The largest absolute Gasteiger partial charge is 0.475 e. The van der Waals surface area contributed by atoms with Gasteiger partial charge < -0.3 is 20.1 Å². The number of ether oxygens (including phenoxy) is 1. The van der Waals surface area contributed by atoms with E-state index in [-0.39, 0.29) is 0 Å². The van der Waals surface area contributed by atoms with Crippen LogP contribution in [-0.4, -0.2) is 54.8 Å². The normalized spacial score (nSPS) is 27.7. The first kappa shape index (κ1) is 16.2. The maximum Gasteiger partial charge on any atom is 0.173 e. The van der Waals surface area contributed by atoms with Gasteiger partial charge in [-0.3, -0.25) is 9.97 Å². The van der Waals surface area contributed by atoms with Gasteiger partial charge in [0.05, 0.1) is 18.0 Å². The molecule has 0 spiro atoms. The van der Waals surface area contributed by atoms with Crippen LogP contribution >= 0.6 is 11.8 Å². The Labute approximate surface area is 138 Å². The number of hydrogen-bond acceptors (Lipinski definition) is 7. The summed E-state index contributed by atoms with van der Waals surface area (Å²) in [6, 6.07) is 7.39. The molecule has 2 aromatic heterocycles. The Bertz CT molecular complexity index is 667. The lowest BCUT2D eigenvalue weighted by atomic mass is 10.1.